The van der Waals surface area contributed by atoms with Gasteiger partial charge in [0.25, 0.3) is 0 Å². The molecule has 98 valence electrons. The Labute approximate surface area is 124 Å². The zero-order valence-electron chi connectivity index (χ0n) is 9.45. The van der Waals surface area contributed by atoms with Gasteiger partial charge in [-0.05, 0) is 24.3 Å². The lowest BCUT2D eigenvalue weighted by atomic mass is 10.2. The highest BCUT2D eigenvalue weighted by atomic mass is 35.5. The molecule has 7 heteroatoms. The van der Waals surface area contributed by atoms with Crippen molar-refractivity contribution >= 4 is 51.9 Å². The van der Waals surface area contributed by atoms with Gasteiger partial charge in [0.2, 0.25) is 0 Å². The number of nitrogens with one attached hydrogen (secondary N) is 1. The molecule has 2 rings (SSSR count). The molecule has 19 heavy (non-hydrogen) atoms. The van der Waals surface area contributed by atoms with E-state index in [1.54, 1.807) is 18.3 Å². The second-order valence-electron chi connectivity index (χ2n) is 3.64. The molecule has 1 heterocycles. The van der Waals surface area contributed by atoms with Crippen LogP contribution in [0.25, 0.3) is 0 Å². The van der Waals surface area contributed by atoms with Gasteiger partial charge in [0, 0.05) is 11.9 Å². The van der Waals surface area contributed by atoms with Crippen LogP contribution in [0.1, 0.15) is 5.56 Å². The Morgan fingerprint density at radius 3 is 2.53 bits per heavy atom. The zero-order valence-corrected chi connectivity index (χ0v) is 11.8. The molecule has 2 aromatic rings. The maximum atomic E-state index is 13.3. The van der Waals surface area contributed by atoms with Gasteiger partial charge in [0.15, 0.2) is 5.82 Å². The van der Waals surface area contributed by atoms with Gasteiger partial charge in [-0.3, -0.25) is 0 Å². The Bertz CT molecular complexity index is 626. The number of anilines is 2. The maximum absolute atomic E-state index is 13.3. The molecule has 0 saturated heterocycles. The first kappa shape index (κ1) is 14.0. The van der Waals surface area contributed by atoms with Crippen LogP contribution in [-0.2, 0) is 0 Å². The summed E-state index contributed by atoms with van der Waals surface area (Å²) < 4.78 is 13.3. The molecule has 0 bridgehead atoms. The molecule has 0 fully saturated rings. The number of rotatable bonds is 3. The van der Waals surface area contributed by atoms with E-state index in [-0.39, 0.29) is 15.0 Å². The SMILES string of the molecule is NC(=S)c1cccnc1Nc1cc(Cl)c(F)c(Cl)c1. The van der Waals surface area contributed by atoms with Crippen LogP contribution in [0.4, 0.5) is 15.9 Å². The highest BCUT2D eigenvalue weighted by Crippen LogP contribution is 2.29. The Balaban J connectivity index is 2.39. The van der Waals surface area contributed by atoms with Crippen LogP contribution in [0.3, 0.4) is 0 Å². The Hall–Kier alpha value is -1.43. The van der Waals surface area contributed by atoms with Crippen molar-refractivity contribution in [2.24, 2.45) is 5.73 Å². The second kappa shape index (κ2) is 5.69. The first-order valence-corrected chi connectivity index (χ1v) is 6.32. The standard InChI is InChI=1S/C12H8Cl2FN3S/c13-8-4-6(5-9(14)10(8)15)18-12-7(11(16)19)2-1-3-17-12/h1-5H,(H2,16,19)(H,17,18). The molecular formula is C12H8Cl2FN3S. The predicted octanol–water partition coefficient (Wildman–Crippen LogP) is 3.91. The maximum Gasteiger partial charge on any atom is 0.160 e. The van der Waals surface area contributed by atoms with Crippen LogP contribution in [-0.4, -0.2) is 9.97 Å². The van der Waals surface area contributed by atoms with Crippen LogP contribution in [0, 0.1) is 5.82 Å². The van der Waals surface area contributed by atoms with Crippen molar-refractivity contribution in [3.05, 3.63) is 51.9 Å². The number of nitrogens with zero attached hydrogens (tertiary/aromatic N) is 1. The summed E-state index contributed by atoms with van der Waals surface area (Å²) in [6, 6.07) is 6.25. The Morgan fingerprint density at radius 2 is 1.95 bits per heavy atom. The molecule has 0 atom stereocenters. The van der Waals surface area contributed by atoms with E-state index in [9.17, 15) is 4.39 Å². The molecule has 0 unspecified atom stereocenters. The molecule has 1 aromatic heterocycles. The summed E-state index contributed by atoms with van der Waals surface area (Å²) in [5.74, 6) is -0.210. The molecule has 3 N–H and O–H groups in total. The van der Waals surface area contributed by atoms with Crippen molar-refractivity contribution in [1.29, 1.82) is 0 Å². The number of halogens is 3. The fourth-order valence-corrected chi connectivity index (χ4v) is 2.12. The van der Waals surface area contributed by atoms with Crippen molar-refractivity contribution in [3.8, 4) is 0 Å². The number of benzene rings is 1. The summed E-state index contributed by atoms with van der Waals surface area (Å²) in [4.78, 5) is 4.32. The average Bonchev–Trinajstić information content (AvgIpc) is 2.36. The van der Waals surface area contributed by atoms with Crippen molar-refractivity contribution in [3.63, 3.8) is 0 Å². The van der Waals surface area contributed by atoms with Gasteiger partial charge in [0.1, 0.15) is 10.8 Å². The second-order valence-corrected chi connectivity index (χ2v) is 4.90. The molecule has 0 spiro atoms. The molecule has 0 radical (unpaired) electrons. The van der Waals surface area contributed by atoms with Gasteiger partial charge in [-0.2, -0.15) is 0 Å². The van der Waals surface area contributed by atoms with E-state index >= 15 is 0 Å². The van der Waals surface area contributed by atoms with Gasteiger partial charge in [-0.25, -0.2) is 9.37 Å². The van der Waals surface area contributed by atoms with E-state index in [2.05, 4.69) is 10.3 Å². The minimum atomic E-state index is -0.663. The quantitative estimate of drug-likeness (QED) is 0.666. The highest BCUT2D eigenvalue weighted by Gasteiger charge is 2.10. The molecule has 3 nitrogen and oxygen atoms in total. The zero-order chi connectivity index (χ0) is 14.0. The van der Waals surface area contributed by atoms with Crippen LogP contribution in [0.2, 0.25) is 10.0 Å². The van der Waals surface area contributed by atoms with Crippen molar-refractivity contribution in [1.82, 2.24) is 4.98 Å². The van der Waals surface area contributed by atoms with E-state index in [0.29, 0.717) is 17.1 Å². The van der Waals surface area contributed by atoms with Gasteiger partial charge in [-0.1, -0.05) is 35.4 Å². The lowest BCUT2D eigenvalue weighted by Gasteiger charge is -2.10. The van der Waals surface area contributed by atoms with E-state index in [1.807, 2.05) is 0 Å². The average molecular weight is 316 g/mol. The largest absolute Gasteiger partial charge is 0.389 e. The third-order valence-corrected chi connectivity index (χ3v) is 3.09. The lowest BCUT2D eigenvalue weighted by molar-refractivity contribution is 0.629. The van der Waals surface area contributed by atoms with E-state index < -0.39 is 5.82 Å². The van der Waals surface area contributed by atoms with Crippen LogP contribution >= 0.6 is 35.4 Å². The lowest BCUT2D eigenvalue weighted by Crippen LogP contribution is -2.12. The monoisotopic (exact) mass is 315 g/mol. The van der Waals surface area contributed by atoms with Gasteiger partial charge in [-0.15, -0.1) is 0 Å². The Morgan fingerprint density at radius 1 is 1.32 bits per heavy atom. The smallest absolute Gasteiger partial charge is 0.160 e. The molecule has 0 aliphatic rings. The summed E-state index contributed by atoms with van der Waals surface area (Å²) in [5, 5.41) is 2.79. The molecule has 1 aromatic carbocycles. The van der Waals surface area contributed by atoms with Gasteiger partial charge in [0.05, 0.1) is 15.6 Å². The molecular weight excluding hydrogens is 308 g/mol. The summed E-state index contributed by atoms with van der Waals surface area (Å²) in [7, 11) is 0. The topological polar surface area (TPSA) is 50.9 Å². The number of nitrogens with two attached hydrogens (primary N) is 1. The fourth-order valence-electron chi connectivity index (χ4n) is 1.47. The van der Waals surface area contributed by atoms with Crippen molar-refractivity contribution in [2.45, 2.75) is 0 Å². The van der Waals surface area contributed by atoms with E-state index in [1.165, 1.54) is 12.1 Å². The van der Waals surface area contributed by atoms with Gasteiger partial charge < -0.3 is 11.1 Å². The van der Waals surface area contributed by atoms with Crippen LogP contribution < -0.4 is 11.1 Å². The van der Waals surface area contributed by atoms with Crippen LogP contribution in [0.5, 0.6) is 0 Å². The van der Waals surface area contributed by atoms with E-state index in [4.69, 9.17) is 41.2 Å². The van der Waals surface area contributed by atoms with Crippen LogP contribution in [0.15, 0.2) is 30.5 Å². The fraction of sp³-hybridized carbons (Fsp3) is 0. The summed E-state index contributed by atoms with van der Waals surface area (Å²) in [6.07, 6.45) is 1.58. The third kappa shape index (κ3) is 3.12. The highest BCUT2D eigenvalue weighted by molar-refractivity contribution is 7.80. The molecule has 0 aliphatic heterocycles. The Kier molecular flexibility index (Phi) is 4.19. The summed E-state index contributed by atoms with van der Waals surface area (Å²) in [5.41, 5.74) is 6.66. The van der Waals surface area contributed by atoms with Crippen molar-refractivity contribution < 1.29 is 4.39 Å². The summed E-state index contributed by atoms with van der Waals surface area (Å²) >= 11 is 16.4. The number of thiocarbonyl (C=S) groups is 1. The number of pyridine rings is 1. The summed E-state index contributed by atoms with van der Waals surface area (Å²) in [6.45, 7) is 0. The first-order valence-electron chi connectivity index (χ1n) is 5.15. The predicted molar refractivity (Wildman–Crippen MR) is 79.8 cm³/mol. The minimum Gasteiger partial charge on any atom is -0.389 e. The third-order valence-electron chi connectivity index (χ3n) is 2.32. The molecule has 0 amide bonds. The molecule has 0 aliphatic carbocycles. The van der Waals surface area contributed by atoms with E-state index in [0.717, 1.165) is 0 Å². The van der Waals surface area contributed by atoms with Gasteiger partial charge >= 0.3 is 0 Å². The normalized spacial score (nSPS) is 10.3. The number of hydrogen-bond donors (Lipinski definition) is 2. The molecule has 0 saturated carbocycles. The first-order chi connectivity index (χ1) is 8.99. The minimum absolute atomic E-state index is 0.0807. The number of hydrogen-bond acceptors (Lipinski definition) is 3. The number of aromatic nitrogens is 1. The van der Waals surface area contributed by atoms with Crippen molar-refractivity contribution in [2.75, 3.05) is 5.32 Å².